The van der Waals surface area contributed by atoms with E-state index in [0.717, 1.165) is 0 Å². The monoisotopic (exact) mass is 127 g/mol. The average Bonchev–Trinajstić information content (AvgIpc) is 1.63. The van der Waals surface area contributed by atoms with Gasteiger partial charge in [0.2, 0.25) is 7.85 Å². The second-order valence-electron chi connectivity index (χ2n) is 1.57. The van der Waals surface area contributed by atoms with Crippen molar-refractivity contribution in [2.45, 2.75) is 13.0 Å². The molecule has 0 fully saturated rings. The van der Waals surface area contributed by atoms with Gasteiger partial charge >= 0.3 is 5.97 Å². The van der Waals surface area contributed by atoms with Crippen molar-refractivity contribution in [2.24, 2.45) is 0 Å². The topological polar surface area (TPSA) is 66.4 Å². The number of amides is 1. The summed E-state index contributed by atoms with van der Waals surface area (Å²) in [5.41, 5.74) is 0. The lowest BCUT2D eigenvalue weighted by Gasteiger charge is -2.05. The average molecular weight is 127 g/mol. The maximum Gasteiger partial charge on any atom is 0.325 e. The van der Waals surface area contributed by atoms with Gasteiger partial charge in [0.1, 0.15) is 6.04 Å². The van der Waals surface area contributed by atoms with Gasteiger partial charge in [0, 0.05) is 0 Å². The van der Waals surface area contributed by atoms with Gasteiger partial charge in [-0.25, -0.2) is 0 Å². The van der Waals surface area contributed by atoms with Gasteiger partial charge in [0.05, 0.1) is 0 Å². The number of hydrogen-bond donors (Lipinski definition) is 2. The third-order valence-electron chi connectivity index (χ3n) is 0.729. The maximum absolute atomic E-state index is 9.96. The van der Waals surface area contributed by atoms with E-state index >= 15 is 0 Å². The molecule has 5 heteroatoms. The van der Waals surface area contributed by atoms with Crippen LogP contribution in [-0.4, -0.2) is 30.8 Å². The van der Waals surface area contributed by atoms with Gasteiger partial charge in [0.25, 0.3) is 0 Å². The molecule has 1 atom stereocenters. The molecular formula is C4H6BNO3. The van der Waals surface area contributed by atoms with E-state index < -0.39 is 17.8 Å². The first-order chi connectivity index (χ1) is 4.04. The molecule has 0 aliphatic rings. The van der Waals surface area contributed by atoms with Crippen LogP contribution in [0.5, 0.6) is 0 Å². The fourth-order valence-corrected chi connectivity index (χ4v) is 0.275. The quantitative estimate of drug-likeness (QED) is 0.483. The summed E-state index contributed by atoms with van der Waals surface area (Å²) in [7, 11) is 4.62. The summed E-state index contributed by atoms with van der Waals surface area (Å²) in [5, 5.41) is 10.1. The molecular weight excluding hydrogens is 121 g/mol. The van der Waals surface area contributed by atoms with Gasteiger partial charge in [-0.15, -0.1) is 0 Å². The van der Waals surface area contributed by atoms with Crippen LogP contribution >= 0.6 is 0 Å². The maximum atomic E-state index is 9.96. The Morgan fingerprint density at radius 3 is 2.22 bits per heavy atom. The lowest BCUT2D eigenvalue weighted by Crippen LogP contribution is -2.37. The first-order valence-electron chi connectivity index (χ1n) is 2.33. The Kier molecular flexibility index (Phi) is 2.77. The van der Waals surface area contributed by atoms with Crippen molar-refractivity contribution in [1.29, 1.82) is 0 Å². The Bertz CT molecular complexity index is 136. The summed E-state index contributed by atoms with van der Waals surface area (Å²) in [6, 6.07) is -0.914. The van der Waals surface area contributed by atoms with Crippen LogP contribution in [0, 0.1) is 0 Å². The SMILES string of the molecule is [B]C(=O)NC(C)C(=O)O. The second kappa shape index (κ2) is 3.12. The number of carboxylic acid groups (broad SMARTS) is 1. The molecule has 48 valence electrons. The van der Waals surface area contributed by atoms with Crippen LogP contribution in [0.25, 0.3) is 0 Å². The molecule has 0 saturated heterocycles. The zero-order valence-corrected chi connectivity index (χ0v) is 4.92. The molecule has 0 aliphatic heterocycles. The van der Waals surface area contributed by atoms with Gasteiger partial charge in [-0.05, 0) is 6.92 Å². The third kappa shape index (κ3) is 3.58. The van der Waals surface area contributed by atoms with Crippen molar-refractivity contribution < 1.29 is 14.7 Å². The number of carbonyl (C=O) groups excluding carboxylic acids is 1. The predicted molar refractivity (Wildman–Crippen MR) is 31.4 cm³/mol. The zero-order chi connectivity index (χ0) is 7.44. The van der Waals surface area contributed by atoms with Gasteiger partial charge in [-0.2, -0.15) is 0 Å². The van der Waals surface area contributed by atoms with Crippen LogP contribution in [0.2, 0.25) is 0 Å². The minimum absolute atomic E-state index is 0.829. The summed E-state index contributed by atoms with van der Waals surface area (Å²) in [6.07, 6.45) is 0. The van der Waals surface area contributed by atoms with Gasteiger partial charge in [-0.1, -0.05) is 0 Å². The lowest BCUT2D eigenvalue weighted by atomic mass is 10.1. The molecule has 9 heavy (non-hydrogen) atoms. The molecule has 0 aromatic carbocycles. The molecule has 0 aromatic rings. The summed E-state index contributed by atoms with van der Waals surface area (Å²) in [6.45, 7) is 1.33. The van der Waals surface area contributed by atoms with E-state index in [4.69, 9.17) is 5.11 Å². The number of rotatable bonds is 2. The normalized spacial score (nSPS) is 12.1. The first kappa shape index (κ1) is 8.00. The molecule has 0 rings (SSSR count). The first-order valence-corrected chi connectivity index (χ1v) is 2.33. The van der Waals surface area contributed by atoms with Crippen molar-refractivity contribution in [1.82, 2.24) is 5.32 Å². The number of carboxylic acids is 1. The Morgan fingerprint density at radius 1 is 1.67 bits per heavy atom. The standard InChI is InChI=1S/C4H6BNO3/c1-2(3(7)8)6-4(5)9/h2H,1H3,(H,6,9)(H,7,8). The lowest BCUT2D eigenvalue weighted by molar-refractivity contribution is -0.138. The van der Waals surface area contributed by atoms with E-state index in [-0.39, 0.29) is 0 Å². The molecule has 2 N–H and O–H groups in total. The highest BCUT2D eigenvalue weighted by Crippen LogP contribution is 1.78. The molecule has 2 radical (unpaired) electrons. The smallest absolute Gasteiger partial charge is 0.325 e. The molecule has 1 amide bonds. The van der Waals surface area contributed by atoms with E-state index in [2.05, 4.69) is 7.85 Å². The van der Waals surface area contributed by atoms with Crippen molar-refractivity contribution in [3.63, 3.8) is 0 Å². The minimum Gasteiger partial charge on any atom is -0.480 e. The molecule has 1 unspecified atom stereocenters. The third-order valence-corrected chi connectivity index (χ3v) is 0.729. The van der Waals surface area contributed by atoms with Crippen LogP contribution in [0.15, 0.2) is 0 Å². The number of carbonyl (C=O) groups is 2. The van der Waals surface area contributed by atoms with Crippen LogP contribution in [-0.2, 0) is 4.79 Å². The van der Waals surface area contributed by atoms with E-state index in [0.29, 0.717) is 0 Å². The summed E-state index contributed by atoms with van der Waals surface area (Å²) < 4.78 is 0. The highest BCUT2D eigenvalue weighted by atomic mass is 16.4. The van der Waals surface area contributed by atoms with Gasteiger partial charge < -0.3 is 10.4 Å². The fraction of sp³-hybridized carbons (Fsp3) is 0.500. The van der Waals surface area contributed by atoms with Gasteiger partial charge in [-0.3, -0.25) is 9.59 Å². The fourth-order valence-electron chi connectivity index (χ4n) is 0.275. The molecule has 0 spiro atoms. The number of aliphatic carboxylic acids is 1. The summed E-state index contributed by atoms with van der Waals surface area (Å²) in [5.74, 6) is -1.93. The second-order valence-corrected chi connectivity index (χ2v) is 1.57. The molecule has 0 heterocycles. The molecule has 0 bridgehead atoms. The van der Waals surface area contributed by atoms with Crippen molar-refractivity contribution >= 4 is 19.6 Å². The number of hydrogen-bond acceptors (Lipinski definition) is 2. The van der Waals surface area contributed by atoms with Crippen molar-refractivity contribution in [2.75, 3.05) is 0 Å². The van der Waals surface area contributed by atoms with Crippen LogP contribution in [0.4, 0.5) is 4.79 Å². The van der Waals surface area contributed by atoms with E-state index in [1.54, 1.807) is 0 Å². The van der Waals surface area contributed by atoms with E-state index in [9.17, 15) is 9.59 Å². The highest BCUT2D eigenvalue weighted by molar-refractivity contribution is 6.57. The van der Waals surface area contributed by atoms with Crippen LogP contribution in [0.1, 0.15) is 6.92 Å². The van der Waals surface area contributed by atoms with E-state index in [1.165, 1.54) is 6.92 Å². The predicted octanol–water partition coefficient (Wildman–Crippen LogP) is -0.662. The van der Waals surface area contributed by atoms with Crippen molar-refractivity contribution in [3.05, 3.63) is 0 Å². The summed E-state index contributed by atoms with van der Waals surface area (Å²) >= 11 is 0. The summed E-state index contributed by atoms with van der Waals surface area (Å²) in [4.78, 5) is 19.9. The molecule has 0 aliphatic carbocycles. The Balaban J connectivity index is 3.63. The van der Waals surface area contributed by atoms with Gasteiger partial charge in [0.15, 0.2) is 5.81 Å². The highest BCUT2D eigenvalue weighted by Gasteiger charge is 2.09. The molecule has 4 nitrogen and oxygen atoms in total. The largest absolute Gasteiger partial charge is 0.480 e. The molecule has 0 saturated carbocycles. The minimum atomic E-state index is -1.10. The Hall–Kier alpha value is -0.995. The molecule has 0 aromatic heterocycles. The zero-order valence-electron chi connectivity index (χ0n) is 4.92. The number of nitrogens with one attached hydrogen (secondary N) is 1. The Morgan fingerprint density at radius 2 is 2.11 bits per heavy atom. The van der Waals surface area contributed by atoms with Crippen molar-refractivity contribution in [3.8, 4) is 0 Å². The van der Waals surface area contributed by atoms with E-state index in [1.807, 2.05) is 5.32 Å². The van der Waals surface area contributed by atoms with Crippen LogP contribution < -0.4 is 5.32 Å². The Labute approximate surface area is 53.7 Å². The van der Waals surface area contributed by atoms with Crippen LogP contribution in [0.3, 0.4) is 0 Å².